The monoisotopic (exact) mass is 330 g/mol. The lowest BCUT2D eigenvalue weighted by atomic mass is 10.2. The summed E-state index contributed by atoms with van der Waals surface area (Å²) in [4.78, 5) is 4.49. The van der Waals surface area contributed by atoms with Gasteiger partial charge >= 0.3 is 0 Å². The third kappa shape index (κ3) is 6.83. The molecule has 2 aromatic rings. The second-order valence-electron chi connectivity index (χ2n) is 5.67. The average Bonchev–Trinajstić information content (AvgIpc) is 3.12. The van der Waals surface area contributed by atoms with Crippen molar-refractivity contribution in [2.75, 3.05) is 19.7 Å². The van der Waals surface area contributed by atoms with Crippen LogP contribution in [0.2, 0.25) is 0 Å². The van der Waals surface area contributed by atoms with Gasteiger partial charge in [0, 0.05) is 19.2 Å². The van der Waals surface area contributed by atoms with E-state index in [1.54, 1.807) is 6.26 Å². The maximum absolute atomic E-state index is 5.77. The van der Waals surface area contributed by atoms with E-state index in [0.29, 0.717) is 25.7 Å². The Morgan fingerprint density at radius 1 is 1.25 bits per heavy atom. The van der Waals surface area contributed by atoms with Crippen LogP contribution in [0, 0.1) is 5.92 Å². The molecule has 2 N–H and O–H groups in total. The second-order valence-corrected chi connectivity index (χ2v) is 5.67. The zero-order valence-corrected chi connectivity index (χ0v) is 14.4. The van der Waals surface area contributed by atoms with Crippen molar-refractivity contribution in [3.8, 4) is 0 Å². The molecule has 1 aromatic carbocycles. The zero-order valence-electron chi connectivity index (χ0n) is 14.4. The summed E-state index contributed by atoms with van der Waals surface area (Å²) in [5.74, 6) is 1.15. The number of aliphatic imine (C=N–C) groups is 1. The highest BCUT2D eigenvalue weighted by Gasteiger charge is 2.05. The van der Waals surface area contributed by atoms with Gasteiger partial charge < -0.3 is 19.9 Å². The molecule has 0 fully saturated rings. The number of benzene rings is 1. The van der Waals surface area contributed by atoms with Crippen LogP contribution in [0.15, 0.2) is 52.2 Å². The molecule has 2 rings (SSSR count). The Balaban J connectivity index is 1.69. The van der Waals surface area contributed by atoms with Crippen molar-refractivity contribution >= 4 is 5.96 Å². The lowest BCUT2D eigenvalue weighted by molar-refractivity contribution is 0.0931. The SMILES string of the molecule is CCNC(=NCc1ccon1)NCC(C)COCc1ccccc1. The summed E-state index contributed by atoms with van der Waals surface area (Å²) < 4.78 is 10.6. The van der Waals surface area contributed by atoms with Crippen molar-refractivity contribution in [1.82, 2.24) is 15.8 Å². The summed E-state index contributed by atoms with van der Waals surface area (Å²) in [5.41, 5.74) is 2.01. The quantitative estimate of drug-likeness (QED) is 0.546. The minimum absolute atomic E-state index is 0.379. The molecule has 0 saturated heterocycles. The Hall–Kier alpha value is -2.34. The number of nitrogens with one attached hydrogen (secondary N) is 2. The van der Waals surface area contributed by atoms with Crippen molar-refractivity contribution < 1.29 is 9.26 Å². The zero-order chi connectivity index (χ0) is 17.0. The molecule has 1 aromatic heterocycles. The summed E-state index contributed by atoms with van der Waals surface area (Å²) in [6, 6.07) is 12.0. The molecule has 1 unspecified atom stereocenters. The molecule has 0 amide bonds. The number of hydrogen-bond donors (Lipinski definition) is 2. The van der Waals surface area contributed by atoms with Gasteiger partial charge in [0.15, 0.2) is 5.96 Å². The lowest BCUT2D eigenvalue weighted by Gasteiger charge is -2.16. The fraction of sp³-hybridized carbons (Fsp3) is 0.444. The normalized spacial score (nSPS) is 12.8. The summed E-state index contributed by atoms with van der Waals surface area (Å²) >= 11 is 0. The van der Waals surface area contributed by atoms with Crippen LogP contribution in [0.25, 0.3) is 0 Å². The molecule has 0 saturated carbocycles. The lowest BCUT2D eigenvalue weighted by Crippen LogP contribution is -2.40. The van der Waals surface area contributed by atoms with E-state index >= 15 is 0 Å². The minimum Gasteiger partial charge on any atom is -0.376 e. The second kappa shape index (κ2) is 10.4. The number of guanidine groups is 1. The predicted molar refractivity (Wildman–Crippen MR) is 94.6 cm³/mol. The Morgan fingerprint density at radius 2 is 2.08 bits per heavy atom. The first-order valence-corrected chi connectivity index (χ1v) is 8.31. The molecule has 0 bridgehead atoms. The van der Waals surface area contributed by atoms with Crippen LogP contribution in [0.3, 0.4) is 0 Å². The number of hydrogen-bond acceptors (Lipinski definition) is 4. The molecule has 6 nitrogen and oxygen atoms in total. The maximum Gasteiger partial charge on any atom is 0.191 e. The summed E-state index contributed by atoms with van der Waals surface area (Å²) in [7, 11) is 0. The van der Waals surface area contributed by atoms with Crippen LogP contribution in [-0.2, 0) is 17.9 Å². The fourth-order valence-electron chi connectivity index (χ4n) is 2.10. The smallest absolute Gasteiger partial charge is 0.191 e. The van der Waals surface area contributed by atoms with Crippen LogP contribution in [0.1, 0.15) is 25.1 Å². The van der Waals surface area contributed by atoms with Gasteiger partial charge in [0.2, 0.25) is 0 Å². The van der Waals surface area contributed by atoms with Gasteiger partial charge in [-0.3, -0.25) is 0 Å². The van der Waals surface area contributed by atoms with Gasteiger partial charge in [-0.1, -0.05) is 42.4 Å². The van der Waals surface area contributed by atoms with E-state index in [-0.39, 0.29) is 0 Å². The number of ether oxygens (including phenoxy) is 1. The van der Waals surface area contributed by atoms with Crippen molar-refractivity contribution in [3.05, 3.63) is 53.9 Å². The molecule has 0 radical (unpaired) electrons. The molecular weight excluding hydrogens is 304 g/mol. The first-order chi connectivity index (χ1) is 11.8. The number of nitrogens with zero attached hydrogens (tertiary/aromatic N) is 2. The number of aromatic nitrogens is 1. The van der Waals surface area contributed by atoms with Crippen molar-refractivity contribution in [2.24, 2.45) is 10.9 Å². The molecule has 1 atom stereocenters. The molecule has 6 heteroatoms. The molecular formula is C18H26N4O2. The summed E-state index contributed by atoms with van der Waals surface area (Å²) in [6.07, 6.45) is 1.55. The molecule has 130 valence electrons. The standard InChI is InChI=1S/C18H26N4O2/c1-3-19-18(21-12-17-9-10-24-22-17)20-11-15(2)13-23-14-16-7-5-4-6-8-16/h4-10,15H,3,11-14H2,1-2H3,(H2,19,20,21). The Kier molecular flexibility index (Phi) is 7.83. The highest BCUT2D eigenvalue weighted by atomic mass is 16.5. The van der Waals surface area contributed by atoms with E-state index in [0.717, 1.165) is 24.7 Å². The topological polar surface area (TPSA) is 71.7 Å². The van der Waals surface area contributed by atoms with Crippen LogP contribution in [0.5, 0.6) is 0 Å². The van der Waals surface area contributed by atoms with Gasteiger partial charge in [-0.05, 0) is 18.4 Å². The first kappa shape index (κ1) is 18.0. The summed E-state index contributed by atoms with van der Waals surface area (Å²) in [6.45, 7) is 7.63. The van der Waals surface area contributed by atoms with Gasteiger partial charge in [-0.15, -0.1) is 0 Å². The minimum atomic E-state index is 0.379. The van der Waals surface area contributed by atoms with Gasteiger partial charge in [0.05, 0.1) is 19.8 Å². The first-order valence-electron chi connectivity index (χ1n) is 8.31. The van der Waals surface area contributed by atoms with Crippen LogP contribution < -0.4 is 10.6 Å². The van der Waals surface area contributed by atoms with Gasteiger partial charge in [0.1, 0.15) is 12.0 Å². The number of rotatable bonds is 9. The largest absolute Gasteiger partial charge is 0.376 e. The fourth-order valence-corrected chi connectivity index (χ4v) is 2.10. The third-order valence-corrected chi connectivity index (χ3v) is 3.37. The third-order valence-electron chi connectivity index (χ3n) is 3.37. The van der Waals surface area contributed by atoms with Crippen molar-refractivity contribution in [2.45, 2.75) is 27.0 Å². The van der Waals surface area contributed by atoms with E-state index in [2.05, 4.69) is 39.8 Å². The molecule has 1 heterocycles. The highest BCUT2D eigenvalue weighted by molar-refractivity contribution is 5.79. The molecule has 24 heavy (non-hydrogen) atoms. The Bertz CT molecular complexity index is 584. The van der Waals surface area contributed by atoms with Crippen LogP contribution in [0.4, 0.5) is 0 Å². The average molecular weight is 330 g/mol. The molecule has 0 aliphatic carbocycles. The molecule has 0 aliphatic rings. The van der Waals surface area contributed by atoms with Crippen LogP contribution >= 0.6 is 0 Å². The molecule has 0 spiro atoms. The van der Waals surface area contributed by atoms with Crippen molar-refractivity contribution in [1.29, 1.82) is 0 Å². The van der Waals surface area contributed by atoms with Gasteiger partial charge in [-0.25, -0.2) is 4.99 Å². The van der Waals surface area contributed by atoms with E-state index in [1.165, 1.54) is 5.56 Å². The predicted octanol–water partition coefficient (Wildman–Crippen LogP) is 2.58. The van der Waals surface area contributed by atoms with Gasteiger partial charge in [-0.2, -0.15) is 0 Å². The van der Waals surface area contributed by atoms with Crippen molar-refractivity contribution in [3.63, 3.8) is 0 Å². The Morgan fingerprint density at radius 3 is 2.79 bits per heavy atom. The maximum atomic E-state index is 5.77. The molecule has 0 aliphatic heterocycles. The Labute approximate surface area is 143 Å². The van der Waals surface area contributed by atoms with Gasteiger partial charge in [0.25, 0.3) is 0 Å². The van der Waals surface area contributed by atoms with E-state index < -0.39 is 0 Å². The van der Waals surface area contributed by atoms with E-state index in [4.69, 9.17) is 9.26 Å². The highest BCUT2D eigenvalue weighted by Crippen LogP contribution is 2.03. The van der Waals surface area contributed by atoms with E-state index in [9.17, 15) is 0 Å². The van der Waals surface area contributed by atoms with Crippen LogP contribution in [-0.4, -0.2) is 30.8 Å². The van der Waals surface area contributed by atoms with E-state index in [1.807, 2.05) is 31.2 Å². The summed E-state index contributed by atoms with van der Waals surface area (Å²) in [5, 5.41) is 10.4.